The summed E-state index contributed by atoms with van der Waals surface area (Å²) in [6, 6.07) is 0. The standard InChI is InChI=1S/C20H34O2.C14H24O/c1-3-4-5-6-7-8-9-10-11-12-13-14-15-16-17-18-19-22-20(2)21;1-2-3-4-5-6-7-8-9-10-11-12-13-14-15/h10-11,13-14,16-17H,3-9,12,15,18-19H2,1-2H3;5-6,10-11,14H,2-4,7-9,12-13H2,1H3/b11-10-,14-13-,17-16-;6-5-,11-10+. The number of allylic oxidation sites excluding steroid dienone is 9. The predicted octanol–water partition coefficient (Wildman–Crippen LogP) is 10.6. The molecule has 3 heteroatoms. The van der Waals surface area contributed by atoms with Crippen LogP contribution in [0.1, 0.15) is 136 Å². The van der Waals surface area contributed by atoms with E-state index in [-0.39, 0.29) is 5.97 Å². The molecule has 212 valence electrons. The Kier molecular flexibility index (Phi) is 36.0. The van der Waals surface area contributed by atoms with Crippen LogP contribution >= 0.6 is 0 Å². The van der Waals surface area contributed by atoms with E-state index in [0.717, 1.165) is 38.4 Å². The molecule has 3 nitrogen and oxygen atoms in total. The van der Waals surface area contributed by atoms with Gasteiger partial charge in [0, 0.05) is 13.3 Å². The highest BCUT2D eigenvalue weighted by Gasteiger charge is 1.89. The molecule has 37 heavy (non-hydrogen) atoms. The molecule has 0 atom stereocenters. The van der Waals surface area contributed by atoms with E-state index in [1.54, 1.807) is 0 Å². The van der Waals surface area contributed by atoms with E-state index in [1.165, 1.54) is 84.0 Å². The predicted molar refractivity (Wildman–Crippen MR) is 163 cm³/mol. The molecule has 0 unspecified atom stereocenters. The largest absolute Gasteiger partial charge is 0.466 e. The number of carbonyl (C=O) groups is 2. The van der Waals surface area contributed by atoms with Gasteiger partial charge < -0.3 is 9.53 Å². The number of unbranched alkanes of at least 4 members (excludes halogenated alkanes) is 11. The second kappa shape index (κ2) is 36.0. The van der Waals surface area contributed by atoms with Gasteiger partial charge in [-0.15, -0.1) is 0 Å². The Morgan fingerprint density at radius 2 is 0.973 bits per heavy atom. The monoisotopic (exact) mass is 514 g/mol. The van der Waals surface area contributed by atoms with Gasteiger partial charge in [0.25, 0.3) is 0 Å². The van der Waals surface area contributed by atoms with Crippen LogP contribution in [0.4, 0.5) is 0 Å². The van der Waals surface area contributed by atoms with Gasteiger partial charge in [0.2, 0.25) is 0 Å². The first-order valence-corrected chi connectivity index (χ1v) is 15.0. The van der Waals surface area contributed by atoms with Crippen molar-refractivity contribution in [3.05, 3.63) is 60.8 Å². The fourth-order valence-corrected chi connectivity index (χ4v) is 3.40. The molecule has 0 bridgehead atoms. The zero-order chi connectivity index (χ0) is 27.5. The number of ether oxygens (including phenoxy) is 1. The molecule has 0 aromatic rings. The van der Waals surface area contributed by atoms with Crippen molar-refractivity contribution in [3.63, 3.8) is 0 Å². The lowest BCUT2D eigenvalue weighted by molar-refractivity contribution is -0.140. The number of rotatable bonds is 24. The SMILES string of the molecule is CCCC/C=C\CCC/C=C/CCC=O.CCCCCCCC/C=C\C/C=C\C/C=C\CCOC(C)=O. The van der Waals surface area contributed by atoms with Crippen molar-refractivity contribution in [2.45, 2.75) is 136 Å². The van der Waals surface area contributed by atoms with Crippen molar-refractivity contribution in [2.75, 3.05) is 6.61 Å². The highest BCUT2D eigenvalue weighted by atomic mass is 16.5. The second-order valence-corrected chi connectivity index (χ2v) is 9.33. The molecule has 0 rings (SSSR count). The number of carbonyl (C=O) groups excluding carboxylic acids is 2. The van der Waals surface area contributed by atoms with E-state index in [1.807, 2.05) is 0 Å². The molecule has 0 amide bonds. The Balaban J connectivity index is 0. The number of hydrogen-bond donors (Lipinski definition) is 0. The molecule has 0 aromatic heterocycles. The summed E-state index contributed by atoms with van der Waals surface area (Å²) in [5.41, 5.74) is 0. The molecular weight excluding hydrogens is 456 g/mol. The number of aldehydes is 1. The smallest absolute Gasteiger partial charge is 0.302 e. The average molecular weight is 515 g/mol. The van der Waals surface area contributed by atoms with Crippen LogP contribution in [0.3, 0.4) is 0 Å². The van der Waals surface area contributed by atoms with Gasteiger partial charge in [-0.3, -0.25) is 4.79 Å². The van der Waals surface area contributed by atoms with Gasteiger partial charge >= 0.3 is 5.97 Å². The Labute approximate surface area is 230 Å². The van der Waals surface area contributed by atoms with Gasteiger partial charge in [0.15, 0.2) is 0 Å². The fraction of sp³-hybridized carbons (Fsp3) is 0.647. The average Bonchev–Trinajstić information content (AvgIpc) is 2.89. The third kappa shape index (κ3) is 41.2. The molecule has 0 fully saturated rings. The van der Waals surface area contributed by atoms with Crippen LogP contribution in [0.2, 0.25) is 0 Å². The fourth-order valence-electron chi connectivity index (χ4n) is 3.40. The lowest BCUT2D eigenvalue weighted by Gasteiger charge is -1.97. The first-order valence-electron chi connectivity index (χ1n) is 15.0. The molecule has 0 saturated heterocycles. The molecular formula is C34H58O3. The van der Waals surface area contributed by atoms with Crippen molar-refractivity contribution < 1.29 is 14.3 Å². The summed E-state index contributed by atoms with van der Waals surface area (Å²) in [6.45, 7) is 6.40. The van der Waals surface area contributed by atoms with Crippen molar-refractivity contribution >= 4 is 12.3 Å². The van der Waals surface area contributed by atoms with Crippen LogP contribution in [0.25, 0.3) is 0 Å². The van der Waals surface area contributed by atoms with Crippen molar-refractivity contribution in [1.29, 1.82) is 0 Å². The van der Waals surface area contributed by atoms with Gasteiger partial charge in [0.05, 0.1) is 6.61 Å². The maximum absolute atomic E-state index is 10.5. The minimum atomic E-state index is -0.207. The van der Waals surface area contributed by atoms with Crippen molar-refractivity contribution in [1.82, 2.24) is 0 Å². The summed E-state index contributed by atoms with van der Waals surface area (Å²) >= 11 is 0. The quantitative estimate of drug-likeness (QED) is 0.0556. The summed E-state index contributed by atoms with van der Waals surface area (Å²) in [7, 11) is 0. The van der Waals surface area contributed by atoms with Crippen LogP contribution in [-0.4, -0.2) is 18.9 Å². The third-order valence-electron chi connectivity index (χ3n) is 5.61. The van der Waals surface area contributed by atoms with Crippen LogP contribution in [0, 0.1) is 0 Å². The van der Waals surface area contributed by atoms with Gasteiger partial charge in [-0.05, 0) is 64.2 Å². The molecule has 0 radical (unpaired) electrons. The van der Waals surface area contributed by atoms with E-state index < -0.39 is 0 Å². The highest BCUT2D eigenvalue weighted by molar-refractivity contribution is 5.65. The van der Waals surface area contributed by atoms with Gasteiger partial charge in [-0.25, -0.2) is 0 Å². The minimum Gasteiger partial charge on any atom is -0.466 e. The lowest BCUT2D eigenvalue weighted by atomic mass is 10.1. The lowest BCUT2D eigenvalue weighted by Crippen LogP contribution is -1.98. The topological polar surface area (TPSA) is 43.4 Å². The molecule has 0 spiro atoms. The molecule has 0 saturated carbocycles. The summed E-state index contributed by atoms with van der Waals surface area (Å²) in [4.78, 5) is 20.6. The zero-order valence-electron chi connectivity index (χ0n) is 24.5. The summed E-state index contributed by atoms with van der Waals surface area (Å²) in [6.07, 6.45) is 44.1. The Bertz CT molecular complexity index is 611. The first kappa shape index (κ1) is 37.0. The molecule has 0 aliphatic carbocycles. The van der Waals surface area contributed by atoms with Crippen LogP contribution in [0.15, 0.2) is 60.8 Å². The Hall–Kier alpha value is -2.16. The van der Waals surface area contributed by atoms with Crippen LogP contribution in [-0.2, 0) is 14.3 Å². The molecule has 0 aromatic carbocycles. The van der Waals surface area contributed by atoms with Crippen LogP contribution in [0.5, 0.6) is 0 Å². The minimum absolute atomic E-state index is 0.207. The van der Waals surface area contributed by atoms with E-state index in [9.17, 15) is 9.59 Å². The van der Waals surface area contributed by atoms with Crippen LogP contribution < -0.4 is 0 Å². The first-order chi connectivity index (χ1) is 18.2. The number of hydrogen-bond acceptors (Lipinski definition) is 3. The second-order valence-electron chi connectivity index (χ2n) is 9.33. The van der Waals surface area contributed by atoms with E-state index in [4.69, 9.17) is 4.74 Å². The summed E-state index contributed by atoms with van der Waals surface area (Å²) < 4.78 is 4.84. The van der Waals surface area contributed by atoms with Crippen molar-refractivity contribution in [3.8, 4) is 0 Å². The Morgan fingerprint density at radius 3 is 1.57 bits per heavy atom. The normalized spacial score (nSPS) is 11.8. The molecule has 0 N–H and O–H groups in total. The third-order valence-corrected chi connectivity index (χ3v) is 5.61. The van der Waals surface area contributed by atoms with Gasteiger partial charge in [0.1, 0.15) is 6.29 Å². The summed E-state index contributed by atoms with van der Waals surface area (Å²) in [5.74, 6) is -0.207. The molecule has 0 aliphatic rings. The van der Waals surface area contributed by atoms with E-state index in [2.05, 4.69) is 74.6 Å². The van der Waals surface area contributed by atoms with Gasteiger partial charge in [-0.1, -0.05) is 120 Å². The molecule has 0 heterocycles. The van der Waals surface area contributed by atoms with Gasteiger partial charge in [-0.2, -0.15) is 0 Å². The number of esters is 1. The van der Waals surface area contributed by atoms with E-state index >= 15 is 0 Å². The summed E-state index contributed by atoms with van der Waals surface area (Å²) in [5, 5.41) is 0. The zero-order valence-corrected chi connectivity index (χ0v) is 24.5. The van der Waals surface area contributed by atoms with Crippen molar-refractivity contribution in [2.24, 2.45) is 0 Å². The molecule has 0 aliphatic heterocycles. The highest BCUT2D eigenvalue weighted by Crippen LogP contribution is 2.07. The maximum atomic E-state index is 10.5. The maximum Gasteiger partial charge on any atom is 0.302 e. The van der Waals surface area contributed by atoms with E-state index in [0.29, 0.717) is 13.0 Å². The Morgan fingerprint density at radius 1 is 0.514 bits per heavy atom.